The van der Waals surface area contributed by atoms with E-state index in [0.29, 0.717) is 12.6 Å². The van der Waals surface area contributed by atoms with Crippen molar-refractivity contribution < 1.29 is 4.74 Å². The summed E-state index contributed by atoms with van der Waals surface area (Å²) in [5.74, 6) is 0. The van der Waals surface area contributed by atoms with Gasteiger partial charge in [0.1, 0.15) is 0 Å². The van der Waals surface area contributed by atoms with Gasteiger partial charge < -0.3 is 15.4 Å². The number of nitrogens with zero attached hydrogens (tertiary/aromatic N) is 1. The summed E-state index contributed by atoms with van der Waals surface area (Å²) in [5.41, 5.74) is 8.44. The van der Waals surface area contributed by atoms with Gasteiger partial charge in [0.2, 0.25) is 0 Å². The first-order chi connectivity index (χ1) is 8.27. The molecule has 3 nitrogen and oxygen atoms in total. The molecule has 2 N–H and O–H groups in total. The van der Waals surface area contributed by atoms with E-state index in [1.165, 1.54) is 16.1 Å². The van der Waals surface area contributed by atoms with Gasteiger partial charge in [-0.05, 0) is 25.3 Å². The van der Waals surface area contributed by atoms with Gasteiger partial charge >= 0.3 is 0 Å². The Morgan fingerprint density at radius 2 is 2.35 bits per heavy atom. The van der Waals surface area contributed by atoms with E-state index in [1.54, 1.807) is 11.8 Å². The summed E-state index contributed by atoms with van der Waals surface area (Å²) < 4.78 is 5.49. The molecule has 1 aliphatic heterocycles. The lowest BCUT2D eigenvalue weighted by Crippen LogP contribution is -2.44. The maximum atomic E-state index is 5.91. The molecule has 1 fully saturated rings. The third kappa shape index (κ3) is 2.59. The minimum Gasteiger partial charge on any atom is -0.377 e. The van der Waals surface area contributed by atoms with Crippen molar-refractivity contribution in [1.82, 2.24) is 0 Å². The Kier molecular flexibility index (Phi) is 4.31. The van der Waals surface area contributed by atoms with Gasteiger partial charge in [0.15, 0.2) is 0 Å². The molecule has 0 spiro atoms. The molecule has 0 amide bonds. The highest BCUT2D eigenvalue weighted by molar-refractivity contribution is 7.98. The van der Waals surface area contributed by atoms with Crippen molar-refractivity contribution in [2.24, 2.45) is 5.73 Å². The number of morpholine rings is 1. The van der Waals surface area contributed by atoms with Crippen LogP contribution in [0.3, 0.4) is 0 Å². The van der Waals surface area contributed by atoms with E-state index >= 15 is 0 Å². The number of rotatable bonds is 3. The van der Waals surface area contributed by atoms with Gasteiger partial charge in [0.05, 0.1) is 13.2 Å². The van der Waals surface area contributed by atoms with Crippen LogP contribution in [0.1, 0.15) is 12.5 Å². The second-order valence-corrected chi connectivity index (χ2v) is 5.13. The molecule has 1 unspecified atom stereocenters. The van der Waals surface area contributed by atoms with Crippen molar-refractivity contribution >= 4 is 17.4 Å². The second kappa shape index (κ2) is 5.76. The van der Waals surface area contributed by atoms with Crippen molar-refractivity contribution in [3.8, 4) is 0 Å². The number of hydrogen-bond donors (Lipinski definition) is 1. The van der Waals surface area contributed by atoms with Crippen LogP contribution in [0.25, 0.3) is 0 Å². The van der Waals surface area contributed by atoms with Crippen LogP contribution < -0.4 is 10.6 Å². The van der Waals surface area contributed by atoms with E-state index in [9.17, 15) is 0 Å². The summed E-state index contributed by atoms with van der Waals surface area (Å²) in [4.78, 5) is 3.69. The highest BCUT2D eigenvalue weighted by Gasteiger charge is 2.21. The number of benzene rings is 1. The lowest BCUT2D eigenvalue weighted by molar-refractivity contribution is 0.0988. The molecule has 1 aromatic carbocycles. The van der Waals surface area contributed by atoms with E-state index in [4.69, 9.17) is 10.5 Å². The average Bonchev–Trinajstić information content (AvgIpc) is 2.38. The van der Waals surface area contributed by atoms with E-state index in [2.05, 4.69) is 36.3 Å². The molecule has 1 atom stereocenters. The van der Waals surface area contributed by atoms with Gasteiger partial charge in [-0.15, -0.1) is 11.8 Å². The quantitative estimate of drug-likeness (QED) is 0.836. The van der Waals surface area contributed by atoms with Crippen molar-refractivity contribution in [2.75, 3.05) is 30.9 Å². The van der Waals surface area contributed by atoms with Gasteiger partial charge in [0, 0.05) is 35.3 Å². The van der Waals surface area contributed by atoms with Crippen LogP contribution in [0.2, 0.25) is 0 Å². The summed E-state index contributed by atoms with van der Waals surface area (Å²) >= 11 is 1.76. The molecule has 0 aromatic heterocycles. The molecular weight excluding hydrogens is 232 g/mol. The molecule has 2 rings (SSSR count). The molecule has 1 saturated heterocycles. The first kappa shape index (κ1) is 12.7. The van der Waals surface area contributed by atoms with E-state index in [-0.39, 0.29) is 0 Å². The van der Waals surface area contributed by atoms with Gasteiger partial charge in [0.25, 0.3) is 0 Å². The number of hydrogen-bond acceptors (Lipinski definition) is 4. The third-order valence-corrected chi connectivity index (χ3v) is 4.03. The van der Waals surface area contributed by atoms with Crippen LogP contribution in [0.15, 0.2) is 23.1 Å². The second-order valence-electron chi connectivity index (χ2n) is 4.28. The lowest BCUT2D eigenvalue weighted by atomic mass is 10.1. The Hall–Kier alpha value is -0.710. The Labute approximate surface area is 107 Å². The molecule has 0 radical (unpaired) electrons. The first-order valence-corrected chi connectivity index (χ1v) is 7.20. The van der Waals surface area contributed by atoms with Gasteiger partial charge in [-0.25, -0.2) is 0 Å². The van der Waals surface area contributed by atoms with Crippen molar-refractivity contribution in [3.05, 3.63) is 23.8 Å². The van der Waals surface area contributed by atoms with E-state index < -0.39 is 0 Å². The summed E-state index contributed by atoms with van der Waals surface area (Å²) in [7, 11) is 0. The van der Waals surface area contributed by atoms with Crippen LogP contribution in [0.4, 0.5) is 5.69 Å². The third-order valence-electron chi connectivity index (χ3n) is 3.21. The fraction of sp³-hybridized carbons (Fsp3) is 0.538. The van der Waals surface area contributed by atoms with Gasteiger partial charge in [-0.1, -0.05) is 6.07 Å². The van der Waals surface area contributed by atoms with E-state index in [1.807, 2.05) is 0 Å². The minimum absolute atomic E-state index is 0.422. The smallest absolute Gasteiger partial charge is 0.0668 e. The Balaban J connectivity index is 2.36. The van der Waals surface area contributed by atoms with Crippen LogP contribution in [-0.4, -0.2) is 32.1 Å². The molecule has 1 aromatic rings. The maximum absolute atomic E-state index is 5.91. The van der Waals surface area contributed by atoms with Crippen LogP contribution in [0, 0.1) is 0 Å². The zero-order valence-corrected chi connectivity index (χ0v) is 11.3. The largest absolute Gasteiger partial charge is 0.377 e. The topological polar surface area (TPSA) is 38.5 Å². The van der Waals surface area contributed by atoms with Gasteiger partial charge in [-0.2, -0.15) is 0 Å². The molecule has 0 aliphatic carbocycles. The van der Waals surface area contributed by atoms with Crippen molar-refractivity contribution in [2.45, 2.75) is 24.4 Å². The number of anilines is 1. The maximum Gasteiger partial charge on any atom is 0.0668 e. The minimum atomic E-state index is 0.422. The molecule has 0 saturated carbocycles. The Morgan fingerprint density at radius 1 is 1.53 bits per heavy atom. The Bertz CT molecular complexity index is 384. The normalized spacial score (nSPS) is 20.6. The zero-order chi connectivity index (χ0) is 12.3. The first-order valence-electron chi connectivity index (χ1n) is 5.98. The number of thioether (sulfide) groups is 1. The van der Waals surface area contributed by atoms with Crippen LogP contribution >= 0.6 is 11.8 Å². The fourth-order valence-electron chi connectivity index (χ4n) is 2.30. The molecule has 17 heavy (non-hydrogen) atoms. The van der Waals surface area contributed by atoms with Crippen LogP contribution in [0.5, 0.6) is 0 Å². The average molecular weight is 252 g/mol. The Morgan fingerprint density at radius 3 is 3.00 bits per heavy atom. The lowest BCUT2D eigenvalue weighted by Gasteiger charge is -2.36. The van der Waals surface area contributed by atoms with Crippen LogP contribution in [-0.2, 0) is 11.3 Å². The molecule has 94 valence electrons. The zero-order valence-electron chi connectivity index (χ0n) is 10.5. The molecule has 0 bridgehead atoms. The highest BCUT2D eigenvalue weighted by atomic mass is 32.2. The molecule has 4 heteroatoms. The van der Waals surface area contributed by atoms with Gasteiger partial charge in [-0.3, -0.25) is 0 Å². The molecule has 1 aliphatic rings. The van der Waals surface area contributed by atoms with E-state index in [0.717, 1.165) is 19.8 Å². The summed E-state index contributed by atoms with van der Waals surface area (Å²) in [6.45, 7) is 5.35. The monoisotopic (exact) mass is 252 g/mol. The number of ether oxygens (including phenoxy) is 1. The predicted octanol–water partition coefficient (Wildman–Crippen LogP) is 2.09. The highest BCUT2D eigenvalue weighted by Crippen LogP contribution is 2.31. The predicted molar refractivity (Wildman–Crippen MR) is 73.7 cm³/mol. The summed E-state index contributed by atoms with van der Waals surface area (Å²) in [6, 6.07) is 6.85. The molecular formula is C13H20N2OS. The molecule has 1 heterocycles. The summed E-state index contributed by atoms with van der Waals surface area (Å²) in [6.07, 6.45) is 2.10. The van der Waals surface area contributed by atoms with Crippen molar-refractivity contribution in [3.63, 3.8) is 0 Å². The standard InChI is InChI=1S/C13H20N2OS/c1-10-9-16-7-6-15(10)12-4-3-5-13(17-2)11(12)8-14/h3-5,10H,6-9,14H2,1-2H3. The summed E-state index contributed by atoms with van der Waals surface area (Å²) in [5, 5.41) is 0. The number of nitrogens with two attached hydrogens (primary N) is 1. The van der Waals surface area contributed by atoms with Crippen molar-refractivity contribution in [1.29, 1.82) is 0 Å². The SMILES string of the molecule is CSc1cccc(N2CCOCC2C)c1CN. The fourth-order valence-corrected chi connectivity index (χ4v) is 2.95.